The number of aromatic amines is 1. The molecule has 160 valence electrons. The first kappa shape index (κ1) is 21.1. The molecule has 0 aliphatic carbocycles. The van der Waals surface area contributed by atoms with Gasteiger partial charge in [-0.2, -0.15) is 0 Å². The number of carbonyl (C=O) groups is 3. The molecule has 1 atom stereocenters. The molecule has 2 heterocycles. The SMILES string of the molecule is CC(NC(=O)c1ccc(C(=O)N2CCNC(=O)C2)c(Cl)c1)c1nc2cc(Cl)ccc2[nH]1. The van der Waals surface area contributed by atoms with Gasteiger partial charge in [-0.05, 0) is 43.3 Å². The van der Waals surface area contributed by atoms with E-state index in [1.807, 2.05) is 6.07 Å². The molecule has 0 saturated carbocycles. The van der Waals surface area contributed by atoms with Crippen molar-refractivity contribution >= 4 is 52.0 Å². The number of nitrogens with zero attached hydrogens (tertiary/aromatic N) is 2. The maximum absolute atomic E-state index is 12.7. The number of imidazole rings is 1. The molecular formula is C21H19Cl2N5O3. The van der Waals surface area contributed by atoms with E-state index in [-0.39, 0.29) is 34.9 Å². The lowest BCUT2D eigenvalue weighted by Crippen LogP contribution is -2.50. The van der Waals surface area contributed by atoms with E-state index in [1.165, 1.54) is 23.1 Å². The van der Waals surface area contributed by atoms with Crippen molar-refractivity contribution in [3.8, 4) is 0 Å². The predicted molar refractivity (Wildman–Crippen MR) is 117 cm³/mol. The zero-order valence-electron chi connectivity index (χ0n) is 16.5. The van der Waals surface area contributed by atoms with Gasteiger partial charge in [0.25, 0.3) is 11.8 Å². The number of hydrogen-bond acceptors (Lipinski definition) is 4. The summed E-state index contributed by atoms with van der Waals surface area (Å²) in [6.07, 6.45) is 0. The Labute approximate surface area is 187 Å². The summed E-state index contributed by atoms with van der Waals surface area (Å²) >= 11 is 12.3. The van der Waals surface area contributed by atoms with Crippen LogP contribution in [0.4, 0.5) is 0 Å². The molecule has 1 saturated heterocycles. The molecule has 3 aromatic rings. The van der Waals surface area contributed by atoms with E-state index in [9.17, 15) is 14.4 Å². The Balaban J connectivity index is 1.47. The van der Waals surface area contributed by atoms with E-state index < -0.39 is 6.04 Å². The largest absolute Gasteiger partial charge is 0.353 e. The Morgan fingerprint density at radius 1 is 1.19 bits per heavy atom. The summed E-state index contributed by atoms with van der Waals surface area (Å²) in [5.74, 6) is -0.328. The zero-order chi connectivity index (χ0) is 22.1. The topological polar surface area (TPSA) is 107 Å². The first-order valence-electron chi connectivity index (χ1n) is 9.63. The van der Waals surface area contributed by atoms with Crippen LogP contribution >= 0.6 is 23.2 Å². The highest BCUT2D eigenvalue weighted by Gasteiger charge is 2.24. The van der Waals surface area contributed by atoms with E-state index in [1.54, 1.807) is 19.1 Å². The minimum atomic E-state index is -0.398. The number of carbonyl (C=O) groups excluding carboxylic acids is 3. The number of rotatable bonds is 4. The zero-order valence-corrected chi connectivity index (χ0v) is 18.0. The Bertz CT molecular complexity index is 1190. The van der Waals surface area contributed by atoms with Crippen molar-refractivity contribution in [2.24, 2.45) is 0 Å². The number of amides is 3. The van der Waals surface area contributed by atoms with Gasteiger partial charge in [0.05, 0.1) is 34.2 Å². The van der Waals surface area contributed by atoms with Gasteiger partial charge in [0.2, 0.25) is 5.91 Å². The third-order valence-electron chi connectivity index (χ3n) is 5.01. The molecule has 2 aromatic carbocycles. The van der Waals surface area contributed by atoms with Crippen LogP contribution in [-0.2, 0) is 4.79 Å². The monoisotopic (exact) mass is 459 g/mol. The van der Waals surface area contributed by atoms with Crippen LogP contribution in [0.2, 0.25) is 10.0 Å². The van der Waals surface area contributed by atoms with Gasteiger partial charge in [-0.25, -0.2) is 4.98 Å². The highest BCUT2D eigenvalue weighted by atomic mass is 35.5. The van der Waals surface area contributed by atoms with Crippen molar-refractivity contribution in [3.05, 3.63) is 63.4 Å². The highest BCUT2D eigenvalue weighted by molar-refractivity contribution is 6.34. The second kappa shape index (κ2) is 8.56. The van der Waals surface area contributed by atoms with Gasteiger partial charge in [0.1, 0.15) is 5.82 Å². The van der Waals surface area contributed by atoms with Crippen LogP contribution in [0.3, 0.4) is 0 Å². The van der Waals surface area contributed by atoms with Crippen LogP contribution < -0.4 is 10.6 Å². The van der Waals surface area contributed by atoms with Crippen LogP contribution in [0.5, 0.6) is 0 Å². The van der Waals surface area contributed by atoms with Gasteiger partial charge in [0.15, 0.2) is 0 Å². The number of piperazine rings is 1. The first-order valence-corrected chi connectivity index (χ1v) is 10.4. The van der Waals surface area contributed by atoms with Crippen molar-refractivity contribution in [1.29, 1.82) is 0 Å². The molecule has 3 N–H and O–H groups in total. The van der Waals surface area contributed by atoms with Crippen molar-refractivity contribution in [2.45, 2.75) is 13.0 Å². The van der Waals surface area contributed by atoms with Crippen LogP contribution in [0.15, 0.2) is 36.4 Å². The van der Waals surface area contributed by atoms with Gasteiger partial charge in [-0.15, -0.1) is 0 Å². The molecule has 1 fully saturated rings. The molecule has 0 spiro atoms. The minimum absolute atomic E-state index is 0.0162. The fourth-order valence-electron chi connectivity index (χ4n) is 3.36. The molecule has 1 aliphatic heterocycles. The van der Waals surface area contributed by atoms with Crippen molar-refractivity contribution in [3.63, 3.8) is 0 Å². The number of benzene rings is 2. The van der Waals surface area contributed by atoms with Gasteiger partial charge < -0.3 is 20.5 Å². The Kier molecular flexibility index (Phi) is 5.84. The molecule has 8 nitrogen and oxygen atoms in total. The lowest BCUT2D eigenvalue weighted by Gasteiger charge is -2.27. The lowest BCUT2D eigenvalue weighted by molar-refractivity contribution is -0.123. The quantitative estimate of drug-likeness (QED) is 0.557. The molecule has 4 rings (SSSR count). The van der Waals surface area contributed by atoms with Crippen LogP contribution in [0.1, 0.15) is 39.5 Å². The van der Waals surface area contributed by atoms with E-state index >= 15 is 0 Å². The van der Waals surface area contributed by atoms with E-state index in [4.69, 9.17) is 23.2 Å². The summed E-state index contributed by atoms with van der Waals surface area (Å²) in [7, 11) is 0. The van der Waals surface area contributed by atoms with E-state index in [2.05, 4.69) is 20.6 Å². The minimum Gasteiger partial charge on any atom is -0.353 e. The molecular weight excluding hydrogens is 441 g/mol. The van der Waals surface area contributed by atoms with E-state index in [0.717, 1.165) is 5.52 Å². The molecule has 1 unspecified atom stereocenters. The van der Waals surface area contributed by atoms with Crippen molar-refractivity contribution in [2.75, 3.05) is 19.6 Å². The van der Waals surface area contributed by atoms with Crippen LogP contribution in [-0.4, -0.2) is 52.2 Å². The molecule has 1 aromatic heterocycles. The summed E-state index contributed by atoms with van der Waals surface area (Å²) in [4.78, 5) is 45.9. The maximum atomic E-state index is 12.7. The average Bonchev–Trinajstić information content (AvgIpc) is 3.16. The molecule has 0 bridgehead atoms. The van der Waals surface area contributed by atoms with Gasteiger partial charge in [-0.1, -0.05) is 23.2 Å². The Hall–Kier alpha value is -3.10. The summed E-state index contributed by atoms with van der Waals surface area (Å²) < 4.78 is 0. The molecule has 0 radical (unpaired) electrons. The van der Waals surface area contributed by atoms with Gasteiger partial charge in [-0.3, -0.25) is 14.4 Å². The summed E-state index contributed by atoms with van der Waals surface area (Å²) in [6.45, 7) is 2.59. The van der Waals surface area contributed by atoms with Crippen molar-refractivity contribution < 1.29 is 14.4 Å². The summed E-state index contributed by atoms with van der Waals surface area (Å²) in [5.41, 5.74) is 2.08. The van der Waals surface area contributed by atoms with Gasteiger partial charge in [0, 0.05) is 23.7 Å². The molecule has 1 aliphatic rings. The smallest absolute Gasteiger partial charge is 0.255 e. The Morgan fingerprint density at radius 2 is 2.00 bits per heavy atom. The second-order valence-electron chi connectivity index (χ2n) is 7.25. The summed E-state index contributed by atoms with van der Waals surface area (Å²) in [6, 6.07) is 9.40. The Morgan fingerprint density at radius 3 is 2.74 bits per heavy atom. The summed E-state index contributed by atoms with van der Waals surface area (Å²) in [5, 5.41) is 6.26. The molecule has 3 amide bonds. The number of aromatic nitrogens is 2. The highest BCUT2D eigenvalue weighted by Crippen LogP contribution is 2.22. The third-order valence-corrected chi connectivity index (χ3v) is 5.56. The maximum Gasteiger partial charge on any atom is 0.255 e. The van der Waals surface area contributed by atoms with Crippen LogP contribution in [0.25, 0.3) is 11.0 Å². The number of hydrogen-bond donors (Lipinski definition) is 3. The number of nitrogens with one attached hydrogen (secondary N) is 3. The molecule has 31 heavy (non-hydrogen) atoms. The van der Waals surface area contributed by atoms with Crippen molar-refractivity contribution in [1.82, 2.24) is 25.5 Å². The molecule has 10 heteroatoms. The number of H-pyrrole nitrogens is 1. The predicted octanol–water partition coefficient (Wildman–Crippen LogP) is 2.93. The second-order valence-corrected chi connectivity index (χ2v) is 8.09. The lowest BCUT2D eigenvalue weighted by atomic mass is 10.1. The fraction of sp³-hybridized carbons (Fsp3) is 0.238. The average molecular weight is 460 g/mol. The van der Waals surface area contributed by atoms with E-state index in [0.29, 0.717) is 35.0 Å². The fourth-order valence-corrected chi connectivity index (χ4v) is 3.79. The third kappa shape index (κ3) is 4.50. The standard InChI is InChI=1S/C21H19Cl2N5O3/c1-11(19-26-16-5-3-13(22)9-17(16)27-19)25-20(30)12-2-4-14(15(23)8-12)21(31)28-7-6-24-18(29)10-28/h2-5,8-9,11H,6-7,10H2,1H3,(H,24,29)(H,25,30)(H,26,27). The number of fused-ring (bicyclic) bond motifs is 1. The van der Waals surface area contributed by atoms with Crippen LogP contribution in [0, 0.1) is 0 Å². The first-order chi connectivity index (χ1) is 14.8. The van der Waals surface area contributed by atoms with Gasteiger partial charge >= 0.3 is 0 Å². The normalized spacial score (nSPS) is 14.9. The number of halogens is 2.